The number of hydrogen-bond donors (Lipinski definition) is 0. The highest BCUT2D eigenvalue weighted by Gasteiger charge is 2.34. The molecule has 5 nitrogen and oxygen atoms in total. The average Bonchev–Trinajstić information content (AvgIpc) is 2.73. The van der Waals surface area contributed by atoms with E-state index in [1.807, 2.05) is 6.08 Å². The smallest absolute Gasteiger partial charge is 0.378 e. The molecule has 1 fully saturated rings. The minimum Gasteiger partial charge on any atom is -0.378 e. The van der Waals surface area contributed by atoms with Gasteiger partial charge in [-0.3, -0.25) is 0 Å². The van der Waals surface area contributed by atoms with Crippen LogP contribution in [-0.4, -0.2) is 63.6 Å². The van der Waals surface area contributed by atoms with Crippen LogP contribution < -0.4 is 0 Å². The normalized spacial score (nSPS) is 20.4. The Bertz CT molecular complexity index is 789. The van der Waals surface area contributed by atoms with Gasteiger partial charge < -0.3 is 9.64 Å². The first-order valence-electron chi connectivity index (χ1n) is 10.6. The second-order valence-corrected chi connectivity index (χ2v) is 10.1. The molecule has 0 atom stereocenters. The van der Waals surface area contributed by atoms with Gasteiger partial charge in [0.1, 0.15) is 0 Å². The standard InChI is InChI=1S/C22H33F3N2O3S/c1-4-15-26(2)16-5-6-17-30-20-11-9-19(10-12-20)27(3)31(28,29)21-13-7-18(8-14-21)22(23,24)25/h4,7-8,13-14,19-20H,1,5-6,9-12,15-17H2,2-3H3. The second kappa shape index (κ2) is 11.4. The van der Waals surface area contributed by atoms with Gasteiger partial charge in [0.15, 0.2) is 0 Å². The molecule has 1 aliphatic rings. The lowest BCUT2D eigenvalue weighted by Gasteiger charge is -2.34. The van der Waals surface area contributed by atoms with Crippen molar-refractivity contribution in [2.75, 3.05) is 33.8 Å². The summed E-state index contributed by atoms with van der Waals surface area (Å²) in [5.41, 5.74) is -0.862. The quantitative estimate of drug-likeness (QED) is 0.358. The van der Waals surface area contributed by atoms with Crippen LogP contribution in [0.15, 0.2) is 41.8 Å². The zero-order valence-electron chi connectivity index (χ0n) is 18.3. The molecule has 0 unspecified atom stereocenters. The van der Waals surface area contributed by atoms with Crippen LogP contribution in [0.4, 0.5) is 13.2 Å². The second-order valence-electron chi connectivity index (χ2n) is 8.10. The highest BCUT2D eigenvalue weighted by atomic mass is 32.2. The van der Waals surface area contributed by atoms with E-state index in [9.17, 15) is 21.6 Å². The van der Waals surface area contributed by atoms with Gasteiger partial charge in [-0.2, -0.15) is 17.5 Å². The molecule has 0 bridgehead atoms. The summed E-state index contributed by atoms with van der Waals surface area (Å²) in [4.78, 5) is 2.08. The molecule has 176 valence electrons. The van der Waals surface area contributed by atoms with E-state index in [0.717, 1.165) is 63.0 Å². The fourth-order valence-corrected chi connectivity index (χ4v) is 5.22. The number of benzene rings is 1. The first-order valence-corrected chi connectivity index (χ1v) is 12.1. The van der Waals surface area contributed by atoms with Crippen LogP contribution in [0.2, 0.25) is 0 Å². The summed E-state index contributed by atoms with van der Waals surface area (Å²) in [6.45, 7) is 6.28. The number of halogens is 3. The van der Waals surface area contributed by atoms with E-state index in [1.165, 1.54) is 11.4 Å². The summed E-state index contributed by atoms with van der Waals surface area (Å²) in [5.74, 6) is 0. The van der Waals surface area contributed by atoms with E-state index in [2.05, 4.69) is 18.5 Å². The number of sulfonamides is 1. The Morgan fingerprint density at radius 1 is 1.10 bits per heavy atom. The molecule has 0 saturated heterocycles. The fourth-order valence-electron chi connectivity index (χ4n) is 3.80. The maximum atomic E-state index is 12.8. The molecule has 1 aromatic rings. The van der Waals surface area contributed by atoms with E-state index >= 15 is 0 Å². The predicted octanol–water partition coefficient (Wildman–Crippen LogP) is 4.55. The summed E-state index contributed by atoms with van der Waals surface area (Å²) in [5, 5.41) is 0. The number of hydrogen-bond acceptors (Lipinski definition) is 4. The Labute approximate surface area is 183 Å². The summed E-state index contributed by atoms with van der Waals surface area (Å²) in [6, 6.07) is 3.48. The van der Waals surface area contributed by atoms with Gasteiger partial charge in [0, 0.05) is 26.2 Å². The average molecular weight is 463 g/mol. The maximum Gasteiger partial charge on any atom is 0.416 e. The van der Waals surface area contributed by atoms with Gasteiger partial charge in [-0.05, 0) is 76.4 Å². The lowest BCUT2D eigenvalue weighted by molar-refractivity contribution is -0.137. The van der Waals surface area contributed by atoms with Crippen molar-refractivity contribution in [3.8, 4) is 0 Å². The van der Waals surface area contributed by atoms with Crippen molar-refractivity contribution < 1.29 is 26.3 Å². The number of alkyl halides is 3. The SMILES string of the molecule is C=CCN(C)CCCCOC1CCC(N(C)S(=O)(=O)c2ccc(C(F)(F)F)cc2)CC1. The van der Waals surface area contributed by atoms with Crippen LogP contribution in [0.5, 0.6) is 0 Å². The number of rotatable bonds is 11. The zero-order valence-corrected chi connectivity index (χ0v) is 19.1. The number of nitrogens with zero attached hydrogens (tertiary/aromatic N) is 2. The zero-order chi connectivity index (χ0) is 23.1. The van der Waals surface area contributed by atoms with E-state index in [1.54, 1.807) is 0 Å². The van der Waals surface area contributed by atoms with Gasteiger partial charge in [-0.25, -0.2) is 8.42 Å². The summed E-state index contributed by atoms with van der Waals surface area (Å²) in [6.07, 6.45) is 2.42. The van der Waals surface area contributed by atoms with Crippen LogP contribution in [0.1, 0.15) is 44.1 Å². The van der Waals surface area contributed by atoms with Gasteiger partial charge in [-0.15, -0.1) is 6.58 Å². The lowest BCUT2D eigenvalue weighted by Crippen LogP contribution is -2.40. The van der Waals surface area contributed by atoms with Crippen molar-refractivity contribution in [3.63, 3.8) is 0 Å². The molecule has 0 spiro atoms. The molecule has 0 heterocycles. The molecule has 0 aromatic heterocycles. The van der Waals surface area contributed by atoms with Crippen LogP contribution in [0, 0.1) is 0 Å². The molecular formula is C22H33F3N2O3S. The molecule has 1 aliphatic carbocycles. The minimum absolute atomic E-state index is 0.122. The van der Waals surface area contributed by atoms with Gasteiger partial charge in [0.2, 0.25) is 10.0 Å². The third-order valence-corrected chi connectivity index (χ3v) is 7.67. The van der Waals surface area contributed by atoms with Crippen LogP contribution in [0.25, 0.3) is 0 Å². The van der Waals surface area contributed by atoms with E-state index in [4.69, 9.17) is 4.74 Å². The Hall–Kier alpha value is -1.42. The molecule has 2 rings (SSSR count). The first kappa shape index (κ1) is 25.8. The topological polar surface area (TPSA) is 49.9 Å². The Morgan fingerprint density at radius 3 is 2.26 bits per heavy atom. The molecule has 9 heteroatoms. The molecule has 0 amide bonds. The van der Waals surface area contributed by atoms with Crippen LogP contribution >= 0.6 is 0 Å². The molecule has 0 radical (unpaired) electrons. The summed E-state index contributed by atoms with van der Waals surface area (Å²) >= 11 is 0. The highest BCUT2D eigenvalue weighted by Crippen LogP contribution is 2.32. The molecule has 31 heavy (non-hydrogen) atoms. The van der Waals surface area contributed by atoms with Crippen molar-refractivity contribution in [1.82, 2.24) is 9.21 Å². The van der Waals surface area contributed by atoms with E-state index < -0.39 is 21.8 Å². The molecule has 1 saturated carbocycles. The minimum atomic E-state index is -4.49. The Kier molecular flexibility index (Phi) is 9.54. The Balaban J connectivity index is 1.79. The van der Waals surface area contributed by atoms with Crippen molar-refractivity contribution in [3.05, 3.63) is 42.5 Å². The highest BCUT2D eigenvalue weighted by molar-refractivity contribution is 7.89. The maximum absolute atomic E-state index is 12.8. The van der Waals surface area contributed by atoms with Gasteiger partial charge in [0.05, 0.1) is 16.6 Å². The van der Waals surface area contributed by atoms with Crippen LogP contribution in [0.3, 0.4) is 0 Å². The third-order valence-electron chi connectivity index (χ3n) is 5.75. The van der Waals surface area contributed by atoms with Gasteiger partial charge in [0.25, 0.3) is 0 Å². The molecule has 0 aliphatic heterocycles. The van der Waals surface area contributed by atoms with Crippen LogP contribution in [-0.2, 0) is 20.9 Å². The summed E-state index contributed by atoms with van der Waals surface area (Å²) in [7, 11) is -0.289. The van der Waals surface area contributed by atoms with E-state index in [0.29, 0.717) is 19.4 Å². The van der Waals surface area contributed by atoms with Crippen molar-refractivity contribution in [1.29, 1.82) is 0 Å². The monoisotopic (exact) mass is 462 g/mol. The number of likely N-dealkylation sites (N-methyl/N-ethyl adjacent to an activating group) is 1. The van der Waals surface area contributed by atoms with E-state index in [-0.39, 0.29) is 17.0 Å². The molecular weight excluding hydrogens is 429 g/mol. The first-order chi connectivity index (χ1) is 14.6. The Morgan fingerprint density at radius 2 is 1.71 bits per heavy atom. The van der Waals surface area contributed by atoms with Gasteiger partial charge >= 0.3 is 6.18 Å². The lowest BCUT2D eigenvalue weighted by atomic mass is 9.93. The largest absolute Gasteiger partial charge is 0.416 e. The van der Waals surface area contributed by atoms with Gasteiger partial charge in [-0.1, -0.05) is 6.08 Å². The number of unbranched alkanes of at least 4 members (excludes halogenated alkanes) is 1. The summed E-state index contributed by atoms with van der Waals surface area (Å²) < 4.78 is 71.1. The third kappa shape index (κ3) is 7.59. The van der Waals surface area contributed by atoms with Crippen molar-refractivity contribution in [2.45, 2.75) is 61.7 Å². The fraction of sp³-hybridized carbons (Fsp3) is 0.636. The number of ether oxygens (including phenoxy) is 1. The predicted molar refractivity (Wildman–Crippen MR) is 115 cm³/mol. The molecule has 0 N–H and O–H groups in total. The van der Waals surface area contributed by atoms with Crippen molar-refractivity contribution in [2.24, 2.45) is 0 Å². The molecule has 1 aromatic carbocycles. The van der Waals surface area contributed by atoms with Crippen molar-refractivity contribution >= 4 is 10.0 Å².